The van der Waals surface area contributed by atoms with Crippen LogP contribution in [-0.4, -0.2) is 21.4 Å². The Bertz CT molecular complexity index is 759. The molecule has 0 amide bonds. The fraction of sp³-hybridized carbons (Fsp3) is 0.214. The molecule has 0 spiro atoms. The molecule has 2 aromatic heterocycles. The third kappa shape index (κ3) is 4.90. The smallest absolute Gasteiger partial charge is 0.175 e. The fourth-order valence-electron chi connectivity index (χ4n) is 1.63. The van der Waals surface area contributed by atoms with Crippen molar-refractivity contribution in [3.63, 3.8) is 0 Å². The lowest BCUT2D eigenvalue weighted by Gasteiger charge is -2.03. The normalized spacial score (nSPS) is 10.9. The van der Waals surface area contributed by atoms with E-state index in [0.29, 0.717) is 12.4 Å². The molecule has 0 aliphatic heterocycles. The summed E-state index contributed by atoms with van der Waals surface area (Å²) in [7, 11) is 0. The van der Waals surface area contributed by atoms with E-state index in [1.165, 1.54) is 12.1 Å². The Morgan fingerprint density at radius 2 is 1.96 bits per heavy atom. The van der Waals surface area contributed by atoms with Crippen LogP contribution in [0.1, 0.15) is 10.7 Å². The molecule has 0 fully saturated rings. The zero-order chi connectivity index (χ0) is 16.1. The largest absolute Gasteiger partial charge is 0.486 e. The van der Waals surface area contributed by atoms with Gasteiger partial charge in [0.15, 0.2) is 8.68 Å². The number of thiazole rings is 1. The van der Waals surface area contributed by atoms with Crippen LogP contribution in [0.15, 0.2) is 38.3 Å². The number of ether oxygens (including phenoxy) is 1. The van der Waals surface area contributed by atoms with Gasteiger partial charge in [-0.1, -0.05) is 34.9 Å². The van der Waals surface area contributed by atoms with Crippen LogP contribution < -0.4 is 4.74 Å². The van der Waals surface area contributed by atoms with E-state index in [2.05, 4.69) is 15.2 Å². The number of thioether (sulfide) groups is 2. The van der Waals surface area contributed by atoms with Crippen molar-refractivity contribution in [1.29, 1.82) is 0 Å². The first-order valence-corrected chi connectivity index (χ1v) is 10.5. The maximum absolute atomic E-state index is 12.8. The summed E-state index contributed by atoms with van der Waals surface area (Å²) in [5, 5.41) is 11.1. The topological polar surface area (TPSA) is 47.9 Å². The Morgan fingerprint density at radius 1 is 1.17 bits per heavy atom. The second-order valence-corrected chi connectivity index (χ2v) is 8.50. The van der Waals surface area contributed by atoms with Gasteiger partial charge in [0.1, 0.15) is 23.2 Å². The van der Waals surface area contributed by atoms with Crippen LogP contribution in [0.4, 0.5) is 4.39 Å². The summed E-state index contributed by atoms with van der Waals surface area (Å²) in [5.41, 5.74) is 0.999. The number of aromatic nitrogens is 3. The molecule has 0 radical (unpaired) electrons. The summed E-state index contributed by atoms with van der Waals surface area (Å²) < 4.78 is 20.3. The SMILES string of the molecule is CSc1nnc(SCc2csc(COc3ccc(F)cc3)n2)s1. The maximum Gasteiger partial charge on any atom is 0.175 e. The summed E-state index contributed by atoms with van der Waals surface area (Å²) in [6.45, 7) is 0.385. The van der Waals surface area contributed by atoms with Gasteiger partial charge in [-0.2, -0.15) is 0 Å². The second kappa shape index (κ2) is 8.09. The molecule has 9 heteroatoms. The molecule has 0 bridgehead atoms. The van der Waals surface area contributed by atoms with Crippen molar-refractivity contribution in [2.75, 3.05) is 6.26 Å². The summed E-state index contributed by atoms with van der Waals surface area (Å²) >= 11 is 6.38. The third-order valence-electron chi connectivity index (χ3n) is 2.68. The van der Waals surface area contributed by atoms with Crippen molar-refractivity contribution < 1.29 is 9.13 Å². The first-order valence-electron chi connectivity index (χ1n) is 6.55. The Hall–Kier alpha value is -1.16. The van der Waals surface area contributed by atoms with Crippen molar-refractivity contribution in [2.24, 2.45) is 0 Å². The molecule has 4 nitrogen and oxygen atoms in total. The van der Waals surface area contributed by atoms with Crippen LogP contribution in [0.2, 0.25) is 0 Å². The van der Waals surface area contributed by atoms with Gasteiger partial charge in [0.25, 0.3) is 0 Å². The lowest BCUT2D eigenvalue weighted by molar-refractivity contribution is 0.305. The van der Waals surface area contributed by atoms with Gasteiger partial charge < -0.3 is 4.74 Å². The monoisotopic (exact) mass is 385 g/mol. The van der Waals surface area contributed by atoms with E-state index in [9.17, 15) is 4.39 Å². The first kappa shape index (κ1) is 16.7. The molecule has 2 heterocycles. The number of rotatable bonds is 7. The number of benzene rings is 1. The number of hydrogen-bond donors (Lipinski definition) is 0. The summed E-state index contributed by atoms with van der Waals surface area (Å²) in [6, 6.07) is 5.98. The van der Waals surface area contributed by atoms with Crippen LogP contribution >= 0.6 is 46.2 Å². The van der Waals surface area contributed by atoms with Crippen molar-refractivity contribution in [2.45, 2.75) is 21.0 Å². The lowest BCUT2D eigenvalue weighted by Crippen LogP contribution is -1.95. The van der Waals surface area contributed by atoms with E-state index < -0.39 is 0 Å². The van der Waals surface area contributed by atoms with Gasteiger partial charge >= 0.3 is 0 Å². The maximum atomic E-state index is 12.8. The molecule has 3 aromatic rings. The second-order valence-electron chi connectivity index (χ2n) is 4.30. The van der Waals surface area contributed by atoms with Gasteiger partial charge in [-0.05, 0) is 30.5 Å². The molecule has 0 N–H and O–H groups in total. The lowest BCUT2D eigenvalue weighted by atomic mass is 10.3. The van der Waals surface area contributed by atoms with Crippen LogP contribution in [0.5, 0.6) is 5.75 Å². The quantitative estimate of drug-likeness (QED) is 0.548. The van der Waals surface area contributed by atoms with Crippen molar-refractivity contribution >= 4 is 46.2 Å². The molecule has 0 atom stereocenters. The number of hydrogen-bond acceptors (Lipinski definition) is 8. The van der Waals surface area contributed by atoms with Gasteiger partial charge in [-0.15, -0.1) is 21.5 Å². The van der Waals surface area contributed by atoms with Crippen LogP contribution in [-0.2, 0) is 12.4 Å². The molecule has 0 aliphatic rings. The van der Waals surface area contributed by atoms with Gasteiger partial charge in [-0.3, -0.25) is 0 Å². The number of halogens is 1. The van der Waals surface area contributed by atoms with Crippen LogP contribution in [0.25, 0.3) is 0 Å². The molecule has 0 saturated heterocycles. The Kier molecular flexibility index (Phi) is 5.87. The van der Waals surface area contributed by atoms with Gasteiger partial charge in [-0.25, -0.2) is 9.37 Å². The molecule has 1 aromatic carbocycles. The van der Waals surface area contributed by atoms with E-state index in [4.69, 9.17) is 4.74 Å². The summed E-state index contributed by atoms with van der Waals surface area (Å²) in [5.74, 6) is 1.12. The average molecular weight is 386 g/mol. The molecular weight excluding hydrogens is 373 g/mol. The van der Waals surface area contributed by atoms with Gasteiger partial charge in [0.2, 0.25) is 0 Å². The van der Waals surface area contributed by atoms with E-state index in [0.717, 1.165) is 25.1 Å². The minimum atomic E-state index is -0.271. The van der Waals surface area contributed by atoms with E-state index in [1.807, 2.05) is 11.6 Å². The molecule has 120 valence electrons. The Labute approximate surface area is 149 Å². The minimum Gasteiger partial charge on any atom is -0.486 e. The standard InChI is InChI=1S/C14H12FN3OS4/c1-20-13-17-18-14(23-13)22-8-10-7-21-12(16-10)6-19-11-4-2-9(15)3-5-11/h2-5,7H,6,8H2,1H3. The van der Waals surface area contributed by atoms with E-state index >= 15 is 0 Å². The van der Waals surface area contributed by atoms with Crippen LogP contribution in [0.3, 0.4) is 0 Å². The highest BCUT2D eigenvalue weighted by Gasteiger charge is 2.07. The van der Waals surface area contributed by atoms with Crippen molar-refractivity contribution in [3.05, 3.63) is 46.2 Å². The predicted octanol–water partition coefficient (Wildman–Crippen LogP) is 4.73. The highest BCUT2D eigenvalue weighted by Crippen LogP contribution is 2.30. The fourth-order valence-corrected chi connectivity index (χ4v) is 4.77. The van der Waals surface area contributed by atoms with E-state index in [1.54, 1.807) is 58.3 Å². The minimum absolute atomic E-state index is 0.271. The third-order valence-corrected chi connectivity index (χ3v) is 6.62. The zero-order valence-corrected chi connectivity index (χ0v) is 15.3. The Balaban J connectivity index is 1.50. The number of nitrogens with zero attached hydrogens (tertiary/aromatic N) is 3. The molecule has 3 rings (SSSR count). The highest BCUT2D eigenvalue weighted by molar-refractivity contribution is 8.02. The van der Waals surface area contributed by atoms with Crippen LogP contribution in [0, 0.1) is 5.82 Å². The van der Waals surface area contributed by atoms with Crippen molar-refractivity contribution in [3.8, 4) is 5.75 Å². The predicted molar refractivity (Wildman–Crippen MR) is 94.1 cm³/mol. The average Bonchev–Trinajstić information content (AvgIpc) is 3.21. The zero-order valence-electron chi connectivity index (χ0n) is 12.1. The molecular formula is C14H12FN3OS4. The molecule has 23 heavy (non-hydrogen) atoms. The van der Waals surface area contributed by atoms with Crippen molar-refractivity contribution in [1.82, 2.24) is 15.2 Å². The molecule has 0 unspecified atom stereocenters. The summed E-state index contributed by atoms with van der Waals surface area (Å²) in [6.07, 6.45) is 1.99. The van der Waals surface area contributed by atoms with Gasteiger partial charge in [0.05, 0.1) is 5.69 Å². The first-order chi connectivity index (χ1) is 11.2. The Morgan fingerprint density at radius 3 is 2.70 bits per heavy atom. The molecule has 0 saturated carbocycles. The highest BCUT2D eigenvalue weighted by atomic mass is 32.2. The molecule has 0 aliphatic carbocycles. The van der Waals surface area contributed by atoms with E-state index in [-0.39, 0.29) is 5.82 Å². The summed E-state index contributed by atoms with van der Waals surface area (Å²) in [4.78, 5) is 4.53. The van der Waals surface area contributed by atoms with Gasteiger partial charge in [0, 0.05) is 11.1 Å².